The summed E-state index contributed by atoms with van der Waals surface area (Å²) in [6.45, 7) is 1.78. The Bertz CT molecular complexity index is 676. The van der Waals surface area contributed by atoms with Gasteiger partial charge in [-0.1, -0.05) is 11.6 Å². The Morgan fingerprint density at radius 3 is 2.88 bits per heavy atom. The van der Waals surface area contributed by atoms with Crippen LogP contribution < -0.4 is 11.2 Å². The highest BCUT2D eigenvalue weighted by atomic mass is 35.5. The molecule has 0 saturated heterocycles. The molecule has 2 rings (SSSR count). The van der Waals surface area contributed by atoms with Crippen LogP contribution in [0.2, 0.25) is 5.15 Å². The summed E-state index contributed by atoms with van der Waals surface area (Å²) in [5.74, 6) is -1.16. The molecule has 0 aromatic carbocycles. The molecule has 8 heteroatoms. The topological polar surface area (TPSA) is 67.8 Å². The van der Waals surface area contributed by atoms with Gasteiger partial charge in [0.1, 0.15) is 0 Å². The molecular formula is C9H7ClFN3O2S. The zero-order chi connectivity index (χ0) is 12.6. The fourth-order valence-electron chi connectivity index (χ4n) is 1.30. The molecule has 0 fully saturated rings. The average molecular weight is 276 g/mol. The number of nitrogens with zero attached hydrogens (tertiary/aromatic N) is 2. The first-order valence-corrected chi connectivity index (χ1v) is 5.78. The van der Waals surface area contributed by atoms with E-state index in [2.05, 4.69) is 9.97 Å². The summed E-state index contributed by atoms with van der Waals surface area (Å²) in [7, 11) is 0. The fraction of sp³-hybridized carbons (Fsp3) is 0.222. The van der Waals surface area contributed by atoms with Crippen LogP contribution >= 0.6 is 22.9 Å². The van der Waals surface area contributed by atoms with Gasteiger partial charge in [-0.05, 0) is 6.92 Å². The number of hydrogen-bond donors (Lipinski definition) is 1. The van der Waals surface area contributed by atoms with Crippen molar-refractivity contribution in [1.82, 2.24) is 14.5 Å². The van der Waals surface area contributed by atoms with Gasteiger partial charge in [-0.25, -0.2) is 9.78 Å². The van der Waals surface area contributed by atoms with E-state index in [1.807, 2.05) is 0 Å². The summed E-state index contributed by atoms with van der Waals surface area (Å²) in [5.41, 5.74) is -1.78. The SMILES string of the molecule is Cc1ncc(Cn2c(=O)[nH]c(Cl)c(F)c2=O)s1. The minimum atomic E-state index is -1.16. The third-order valence-electron chi connectivity index (χ3n) is 2.07. The Kier molecular flexibility index (Phi) is 3.12. The maximum atomic E-state index is 13.2. The lowest BCUT2D eigenvalue weighted by Gasteiger charge is -2.02. The molecule has 17 heavy (non-hydrogen) atoms. The van der Waals surface area contributed by atoms with Crippen molar-refractivity contribution in [2.24, 2.45) is 0 Å². The van der Waals surface area contributed by atoms with E-state index >= 15 is 0 Å². The summed E-state index contributed by atoms with van der Waals surface area (Å²) in [6, 6.07) is 0. The van der Waals surface area contributed by atoms with Crippen LogP contribution in [0, 0.1) is 12.7 Å². The first kappa shape index (κ1) is 12.0. The number of aromatic amines is 1. The zero-order valence-corrected chi connectivity index (χ0v) is 10.2. The molecule has 1 N–H and O–H groups in total. The number of halogens is 2. The quantitative estimate of drug-likeness (QED) is 0.836. The Morgan fingerprint density at radius 2 is 2.29 bits per heavy atom. The lowest BCUT2D eigenvalue weighted by molar-refractivity contribution is 0.559. The lowest BCUT2D eigenvalue weighted by Crippen LogP contribution is -2.37. The van der Waals surface area contributed by atoms with Crippen LogP contribution in [-0.2, 0) is 6.54 Å². The smallest absolute Gasteiger partial charge is 0.295 e. The van der Waals surface area contributed by atoms with Gasteiger partial charge in [-0.2, -0.15) is 4.39 Å². The molecule has 5 nitrogen and oxygen atoms in total. The highest BCUT2D eigenvalue weighted by Crippen LogP contribution is 2.12. The Morgan fingerprint density at radius 1 is 1.59 bits per heavy atom. The van der Waals surface area contributed by atoms with Crippen molar-refractivity contribution >= 4 is 22.9 Å². The Labute approximate surface area is 104 Å². The second-order valence-corrected chi connectivity index (χ2v) is 4.99. The van der Waals surface area contributed by atoms with Crippen molar-refractivity contribution in [3.05, 3.63) is 47.9 Å². The maximum absolute atomic E-state index is 13.2. The number of thiazole rings is 1. The van der Waals surface area contributed by atoms with Crippen molar-refractivity contribution in [3.63, 3.8) is 0 Å². The first-order valence-electron chi connectivity index (χ1n) is 4.58. The van der Waals surface area contributed by atoms with Gasteiger partial charge >= 0.3 is 5.69 Å². The minimum absolute atomic E-state index is 0.0201. The molecule has 2 aromatic heterocycles. The molecular weight excluding hydrogens is 269 g/mol. The predicted octanol–water partition coefficient (Wildman–Crippen LogP) is 1.14. The van der Waals surface area contributed by atoms with Crippen LogP contribution in [0.4, 0.5) is 4.39 Å². The third-order valence-corrected chi connectivity index (χ3v) is 3.23. The van der Waals surface area contributed by atoms with Crippen LogP contribution in [0.5, 0.6) is 0 Å². The highest BCUT2D eigenvalue weighted by molar-refractivity contribution is 7.11. The predicted molar refractivity (Wildman–Crippen MR) is 62.2 cm³/mol. The fourth-order valence-corrected chi connectivity index (χ4v) is 2.24. The molecule has 0 bridgehead atoms. The third kappa shape index (κ3) is 2.29. The van der Waals surface area contributed by atoms with Gasteiger partial charge < -0.3 is 0 Å². The second kappa shape index (κ2) is 4.42. The largest absolute Gasteiger partial charge is 0.329 e. The summed E-state index contributed by atoms with van der Waals surface area (Å²) in [5, 5.41) is 0.232. The number of aromatic nitrogens is 3. The van der Waals surface area contributed by atoms with Crippen molar-refractivity contribution in [2.75, 3.05) is 0 Å². The van der Waals surface area contributed by atoms with Crippen LogP contribution in [0.15, 0.2) is 15.8 Å². The van der Waals surface area contributed by atoms with E-state index < -0.39 is 22.2 Å². The summed E-state index contributed by atoms with van der Waals surface area (Å²) >= 11 is 6.68. The standard InChI is InChI=1S/C9H7ClFN3O2S/c1-4-12-2-5(17-4)3-14-8(15)6(11)7(10)13-9(14)16/h2H,3H2,1H3,(H,13,16). The molecule has 0 amide bonds. The van der Waals surface area contributed by atoms with Crippen LogP contribution in [0.1, 0.15) is 9.88 Å². The van der Waals surface area contributed by atoms with E-state index in [-0.39, 0.29) is 6.54 Å². The van der Waals surface area contributed by atoms with Gasteiger partial charge in [0.15, 0.2) is 5.15 Å². The number of aryl methyl sites for hydroxylation is 1. The molecule has 90 valence electrons. The summed E-state index contributed by atoms with van der Waals surface area (Å²) < 4.78 is 14.0. The van der Waals surface area contributed by atoms with Crippen molar-refractivity contribution in [2.45, 2.75) is 13.5 Å². The first-order chi connectivity index (χ1) is 7.99. The molecule has 0 saturated carbocycles. The van der Waals surface area contributed by atoms with E-state index in [0.717, 1.165) is 9.57 Å². The van der Waals surface area contributed by atoms with Gasteiger partial charge in [0, 0.05) is 11.1 Å². The van der Waals surface area contributed by atoms with Crippen LogP contribution in [0.3, 0.4) is 0 Å². The highest BCUT2D eigenvalue weighted by Gasteiger charge is 2.13. The van der Waals surface area contributed by atoms with Crippen LogP contribution in [0.25, 0.3) is 0 Å². The van der Waals surface area contributed by atoms with Gasteiger partial charge in [-0.15, -0.1) is 11.3 Å². The summed E-state index contributed by atoms with van der Waals surface area (Å²) in [6.07, 6.45) is 1.54. The van der Waals surface area contributed by atoms with Gasteiger partial charge in [0.2, 0.25) is 5.82 Å². The molecule has 0 radical (unpaired) electrons. The monoisotopic (exact) mass is 275 g/mol. The molecule has 0 aliphatic heterocycles. The molecule has 0 aliphatic carbocycles. The molecule has 0 unspecified atom stereocenters. The van der Waals surface area contributed by atoms with Crippen molar-refractivity contribution in [3.8, 4) is 0 Å². The average Bonchev–Trinajstić information content (AvgIpc) is 2.67. The lowest BCUT2D eigenvalue weighted by atomic mass is 10.5. The van der Waals surface area contributed by atoms with E-state index in [4.69, 9.17) is 11.6 Å². The number of rotatable bonds is 2. The van der Waals surface area contributed by atoms with Crippen LogP contribution in [-0.4, -0.2) is 14.5 Å². The molecule has 2 heterocycles. The van der Waals surface area contributed by atoms with Gasteiger partial charge in [0.05, 0.1) is 11.6 Å². The maximum Gasteiger partial charge on any atom is 0.329 e. The molecule has 0 atom stereocenters. The molecule has 0 spiro atoms. The number of H-pyrrole nitrogens is 1. The molecule has 0 aliphatic rings. The Balaban J connectivity index is 2.50. The summed E-state index contributed by atoms with van der Waals surface area (Å²) in [4.78, 5) is 29.7. The normalized spacial score (nSPS) is 10.8. The Hall–Kier alpha value is -1.47. The van der Waals surface area contributed by atoms with E-state index in [0.29, 0.717) is 4.88 Å². The van der Waals surface area contributed by atoms with E-state index in [1.165, 1.54) is 11.3 Å². The van der Waals surface area contributed by atoms with Crippen molar-refractivity contribution < 1.29 is 4.39 Å². The zero-order valence-electron chi connectivity index (χ0n) is 8.66. The number of nitrogens with one attached hydrogen (secondary N) is 1. The molecule has 2 aromatic rings. The van der Waals surface area contributed by atoms with E-state index in [1.54, 1.807) is 13.1 Å². The van der Waals surface area contributed by atoms with Gasteiger partial charge in [0.25, 0.3) is 5.56 Å². The second-order valence-electron chi connectivity index (χ2n) is 3.30. The van der Waals surface area contributed by atoms with Crippen molar-refractivity contribution in [1.29, 1.82) is 0 Å². The number of hydrogen-bond acceptors (Lipinski definition) is 4. The minimum Gasteiger partial charge on any atom is -0.295 e. The van der Waals surface area contributed by atoms with E-state index in [9.17, 15) is 14.0 Å². The van der Waals surface area contributed by atoms with Gasteiger partial charge in [-0.3, -0.25) is 14.3 Å².